The number of fused-ring (bicyclic) bond motifs is 1. The van der Waals surface area contributed by atoms with E-state index in [0.29, 0.717) is 94.1 Å². The standard InChI is InChI=1S/C29H36FN5O4.ClH/c1-38-14-11-35-19-23(27-25(3-2-4-26(27)35)32-29(37)34-12-15-39-16-13-34)28(36)33-9-7-21(8-10-33)22-17-20(18-31)5-6-24(22)30;/h2-6,17,19,21H,7-16,18,31H2,1H3,(H,32,37);1H. The van der Waals surface area contributed by atoms with Gasteiger partial charge in [0.1, 0.15) is 5.82 Å². The Morgan fingerprint density at radius 1 is 1.10 bits per heavy atom. The minimum atomic E-state index is -0.223. The van der Waals surface area contributed by atoms with Crippen LogP contribution in [0, 0.1) is 5.82 Å². The molecule has 0 atom stereocenters. The molecular formula is C29H37ClFN5O4. The first-order valence-electron chi connectivity index (χ1n) is 13.5. The van der Waals surface area contributed by atoms with Crippen LogP contribution < -0.4 is 11.1 Å². The fourth-order valence-corrected chi connectivity index (χ4v) is 5.55. The second-order valence-corrected chi connectivity index (χ2v) is 10.1. The summed E-state index contributed by atoms with van der Waals surface area (Å²) in [5, 5.41) is 3.74. The van der Waals surface area contributed by atoms with Gasteiger partial charge >= 0.3 is 6.03 Å². The highest BCUT2D eigenvalue weighted by Gasteiger charge is 2.29. The van der Waals surface area contributed by atoms with Gasteiger partial charge in [-0.15, -0.1) is 12.4 Å². The molecule has 0 saturated carbocycles. The van der Waals surface area contributed by atoms with Crippen LogP contribution in [0.4, 0.5) is 14.9 Å². The number of carbonyl (C=O) groups excluding carboxylic acids is 2. The highest BCUT2D eigenvalue weighted by atomic mass is 35.5. The number of hydrogen-bond acceptors (Lipinski definition) is 5. The van der Waals surface area contributed by atoms with Gasteiger partial charge < -0.3 is 34.9 Å². The number of nitrogens with one attached hydrogen (secondary N) is 1. The largest absolute Gasteiger partial charge is 0.383 e. The molecular weight excluding hydrogens is 537 g/mol. The molecule has 3 N–H and O–H groups in total. The summed E-state index contributed by atoms with van der Waals surface area (Å²) in [5.74, 6) is -0.287. The molecule has 2 saturated heterocycles. The van der Waals surface area contributed by atoms with Crippen LogP contribution in [0.3, 0.4) is 0 Å². The van der Waals surface area contributed by atoms with Gasteiger partial charge in [0.05, 0.1) is 36.6 Å². The summed E-state index contributed by atoms with van der Waals surface area (Å²) in [4.78, 5) is 30.5. The normalized spacial score (nSPS) is 16.2. The summed E-state index contributed by atoms with van der Waals surface area (Å²) in [6, 6.07) is 10.5. The number of aromatic nitrogens is 1. The number of halogens is 2. The van der Waals surface area contributed by atoms with Crippen LogP contribution in [0.1, 0.15) is 40.2 Å². The van der Waals surface area contributed by atoms with Crippen molar-refractivity contribution < 1.29 is 23.5 Å². The number of likely N-dealkylation sites (tertiary alicyclic amines) is 1. The Labute approximate surface area is 239 Å². The van der Waals surface area contributed by atoms with Crippen molar-refractivity contribution in [2.24, 2.45) is 5.73 Å². The summed E-state index contributed by atoms with van der Waals surface area (Å²) < 4.78 is 27.3. The summed E-state index contributed by atoms with van der Waals surface area (Å²) in [7, 11) is 1.64. The van der Waals surface area contributed by atoms with Gasteiger partial charge in [-0.1, -0.05) is 18.2 Å². The third-order valence-corrected chi connectivity index (χ3v) is 7.73. The van der Waals surface area contributed by atoms with Crippen molar-refractivity contribution in [2.75, 3.05) is 58.4 Å². The lowest BCUT2D eigenvalue weighted by Crippen LogP contribution is -2.43. The number of morpholine rings is 1. The second-order valence-electron chi connectivity index (χ2n) is 10.1. The molecule has 3 amide bonds. The predicted molar refractivity (Wildman–Crippen MR) is 155 cm³/mol. The van der Waals surface area contributed by atoms with Crippen LogP contribution in [-0.4, -0.2) is 79.4 Å². The van der Waals surface area contributed by atoms with Gasteiger partial charge in [0.25, 0.3) is 5.91 Å². The molecule has 2 aliphatic rings. The first kappa shape index (κ1) is 29.8. The predicted octanol–water partition coefficient (Wildman–Crippen LogP) is 4.19. The van der Waals surface area contributed by atoms with E-state index in [1.54, 1.807) is 18.1 Å². The lowest BCUT2D eigenvalue weighted by Gasteiger charge is -2.32. The van der Waals surface area contributed by atoms with E-state index in [-0.39, 0.29) is 36.1 Å². The summed E-state index contributed by atoms with van der Waals surface area (Å²) in [6.45, 7) is 4.50. The molecule has 5 rings (SSSR count). The molecule has 0 spiro atoms. The molecule has 2 aromatic carbocycles. The molecule has 0 unspecified atom stereocenters. The van der Waals surface area contributed by atoms with Crippen molar-refractivity contribution in [2.45, 2.75) is 31.8 Å². The molecule has 11 heteroatoms. The lowest BCUT2D eigenvalue weighted by atomic mass is 9.88. The third kappa shape index (κ3) is 6.25. The summed E-state index contributed by atoms with van der Waals surface area (Å²) in [6.07, 6.45) is 3.19. The minimum Gasteiger partial charge on any atom is -0.383 e. The van der Waals surface area contributed by atoms with E-state index in [0.717, 1.165) is 11.1 Å². The Kier molecular flexibility index (Phi) is 10.0. The van der Waals surface area contributed by atoms with Gasteiger partial charge in [0, 0.05) is 58.0 Å². The van der Waals surface area contributed by atoms with Crippen LogP contribution in [0.25, 0.3) is 10.9 Å². The van der Waals surface area contributed by atoms with Crippen LogP contribution in [0.2, 0.25) is 0 Å². The van der Waals surface area contributed by atoms with E-state index in [1.165, 1.54) is 6.07 Å². The highest BCUT2D eigenvalue weighted by molar-refractivity contribution is 6.13. The van der Waals surface area contributed by atoms with E-state index in [2.05, 4.69) is 5.32 Å². The Morgan fingerprint density at radius 2 is 1.85 bits per heavy atom. The van der Waals surface area contributed by atoms with Gasteiger partial charge in [0.2, 0.25) is 0 Å². The summed E-state index contributed by atoms with van der Waals surface area (Å²) >= 11 is 0. The van der Waals surface area contributed by atoms with E-state index in [4.69, 9.17) is 15.2 Å². The van der Waals surface area contributed by atoms with Crippen molar-refractivity contribution in [3.05, 3.63) is 65.1 Å². The number of ether oxygens (including phenoxy) is 2. The van der Waals surface area contributed by atoms with Crippen molar-refractivity contribution in [3.8, 4) is 0 Å². The number of urea groups is 1. The molecule has 0 radical (unpaired) electrons. The summed E-state index contributed by atoms with van der Waals surface area (Å²) in [5.41, 5.74) is 9.33. The SMILES string of the molecule is COCCn1cc(C(=O)N2CCC(c3cc(CN)ccc3F)CC2)c2c(NC(=O)N3CCOCC3)cccc21.Cl. The fraction of sp³-hybridized carbons (Fsp3) is 0.448. The van der Waals surface area contributed by atoms with Crippen LogP contribution in [-0.2, 0) is 22.6 Å². The van der Waals surface area contributed by atoms with Crippen molar-refractivity contribution >= 4 is 40.9 Å². The quantitative estimate of drug-likeness (QED) is 0.441. The van der Waals surface area contributed by atoms with Crippen molar-refractivity contribution in [1.29, 1.82) is 0 Å². The molecule has 9 nitrogen and oxygen atoms in total. The maximum Gasteiger partial charge on any atom is 0.322 e. The lowest BCUT2D eigenvalue weighted by molar-refractivity contribution is 0.0565. The Hall–Kier alpha value is -3.18. The molecule has 3 heterocycles. The zero-order valence-electron chi connectivity index (χ0n) is 22.7. The minimum absolute atomic E-state index is 0. The highest BCUT2D eigenvalue weighted by Crippen LogP contribution is 2.34. The van der Waals surface area contributed by atoms with E-state index < -0.39 is 0 Å². The number of nitrogens with two attached hydrogens (primary N) is 1. The first-order valence-corrected chi connectivity index (χ1v) is 13.5. The van der Waals surface area contributed by atoms with Crippen molar-refractivity contribution in [1.82, 2.24) is 14.4 Å². The molecule has 0 bridgehead atoms. The maximum absolute atomic E-state index is 14.6. The van der Waals surface area contributed by atoms with E-state index >= 15 is 0 Å². The molecule has 40 heavy (non-hydrogen) atoms. The maximum atomic E-state index is 14.6. The van der Waals surface area contributed by atoms with Gasteiger partial charge in [-0.3, -0.25) is 4.79 Å². The van der Waals surface area contributed by atoms with E-state index in [9.17, 15) is 14.0 Å². The number of benzene rings is 2. The van der Waals surface area contributed by atoms with Gasteiger partial charge in [0.15, 0.2) is 0 Å². The van der Waals surface area contributed by atoms with Gasteiger partial charge in [-0.05, 0) is 48.1 Å². The molecule has 1 aromatic heterocycles. The van der Waals surface area contributed by atoms with E-state index in [1.807, 2.05) is 39.9 Å². The number of piperidine rings is 1. The molecule has 0 aliphatic carbocycles. The number of nitrogens with zero attached hydrogens (tertiary/aromatic N) is 3. The van der Waals surface area contributed by atoms with Gasteiger partial charge in [-0.2, -0.15) is 0 Å². The molecule has 216 valence electrons. The number of carbonyl (C=O) groups is 2. The average molecular weight is 574 g/mol. The zero-order valence-corrected chi connectivity index (χ0v) is 23.6. The molecule has 2 aliphatic heterocycles. The Bertz CT molecular complexity index is 1340. The zero-order chi connectivity index (χ0) is 27.4. The van der Waals surface area contributed by atoms with Crippen molar-refractivity contribution in [3.63, 3.8) is 0 Å². The van der Waals surface area contributed by atoms with Crippen LogP contribution in [0.5, 0.6) is 0 Å². The smallest absolute Gasteiger partial charge is 0.322 e. The van der Waals surface area contributed by atoms with Crippen LogP contribution >= 0.6 is 12.4 Å². The Morgan fingerprint density at radius 3 is 2.55 bits per heavy atom. The number of methoxy groups -OCH3 is 1. The number of anilines is 1. The molecule has 3 aromatic rings. The topological polar surface area (TPSA) is 102 Å². The Balaban J connectivity index is 0.00000370. The number of rotatable bonds is 7. The second kappa shape index (κ2) is 13.5. The van der Waals surface area contributed by atoms with Gasteiger partial charge in [-0.25, -0.2) is 9.18 Å². The first-order chi connectivity index (χ1) is 19.0. The van der Waals surface area contributed by atoms with Crippen LogP contribution in [0.15, 0.2) is 42.6 Å². The number of hydrogen-bond donors (Lipinski definition) is 2. The average Bonchev–Trinajstić information content (AvgIpc) is 3.36. The monoisotopic (exact) mass is 573 g/mol. The third-order valence-electron chi connectivity index (χ3n) is 7.73. The fourth-order valence-electron chi connectivity index (χ4n) is 5.55. The molecule has 2 fully saturated rings. The number of amides is 3.